The molecule has 0 N–H and O–H groups in total. The number of para-hydroxylation sites is 1. The Balaban J connectivity index is 2.07. The monoisotopic (exact) mass is 268 g/mol. The molecule has 2 nitrogen and oxygen atoms in total. The maximum Gasteiger partial charge on any atom is 0.163 e. The van der Waals surface area contributed by atoms with E-state index in [-0.39, 0.29) is 5.78 Å². The molecule has 0 saturated heterocycles. The van der Waals surface area contributed by atoms with E-state index < -0.39 is 0 Å². The Bertz CT molecular complexity index is 583. The predicted octanol–water partition coefficient (Wildman–Crippen LogP) is 4.59. The SMILES string of the molecule is CC(=O)c1ccccc1OCc1ccc(C(C)C)cc1. The number of hydrogen-bond donors (Lipinski definition) is 0. The zero-order valence-electron chi connectivity index (χ0n) is 12.2. The number of benzene rings is 2. The minimum Gasteiger partial charge on any atom is -0.488 e. The fourth-order valence-electron chi connectivity index (χ4n) is 2.04. The lowest BCUT2D eigenvalue weighted by Gasteiger charge is -2.11. The van der Waals surface area contributed by atoms with Gasteiger partial charge in [0.05, 0.1) is 5.56 Å². The molecule has 2 heteroatoms. The van der Waals surface area contributed by atoms with Gasteiger partial charge in [-0.3, -0.25) is 4.79 Å². The third-order valence-electron chi connectivity index (χ3n) is 3.31. The van der Waals surface area contributed by atoms with Gasteiger partial charge in [-0.15, -0.1) is 0 Å². The molecule has 0 aliphatic heterocycles. The maximum absolute atomic E-state index is 11.5. The Hall–Kier alpha value is -2.09. The number of ether oxygens (including phenoxy) is 1. The van der Waals surface area contributed by atoms with Gasteiger partial charge in [0, 0.05) is 0 Å². The lowest BCUT2D eigenvalue weighted by atomic mass is 10.0. The maximum atomic E-state index is 11.5. The van der Waals surface area contributed by atoms with Crippen LogP contribution in [-0.4, -0.2) is 5.78 Å². The summed E-state index contributed by atoms with van der Waals surface area (Å²) in [6.45, 7) is 6.38. The third-order valence-corrected chi connectivity index (χ3v) is 3.31. The highest BCUT2D eigenvalue weighted by Gasteiger charge is 2.07. The Labute approximate surface area is 120 Å². The minimum atomic E-state index is 0.0238. The first kappa shape index (κ1) is 14.3. The van der Waals surface area contributed by atoms with E-state index in [4.69, 9.17) is 4.74 Å². The van der Waals surface area contributed by atoms with Crippen LogP contribution in [0, 0.1) is 0 Å². The number of ketones is 1. The summed E-state index contributed by atoms with van der Waals surface area (Å²) >= 11 is 0. The average Bonchev–Trinajstić information content (AvgIpc) is 2.45. The molecule has 0 heterocycles. The van der Waals surface area contributed by atoms with E-state index in [0.29, 0.717) is 23.8 Å². The Morgan fingerprint density at radius 1 is 1.05 bits per heavy atom. The van der Waals surface area contributed by atoms with E-state index in [1.54, 1.807) is 13.0 Å². The fraction of sp³-hybridized carbons (Fsp3) is 0.278. The second-order valence-electron chi connectivity index (χ2n) is 5.24. The van der Waals surface area contributed by atoms with E-state index >= 15 is 0 Å². The van der Waals surface area contributed by atoms with Gasteiger partial charge in [0.15, 0.2) is 5.78 Å². The minimum absolute atomic E-state index is 0.0238. The first-order valence-electron chi connectivity index (χ1n) is 6.89. The van der Waals surface area contributed by atoms with Crippen LogP contribution in [0.15, 0.2) is 48.5 Å². The highest BCUT2D eigenvalue weighted by atomic mass is 16.5. The Morgan fingerprint density at radius 3 is 2.30 bits per heavy atom. The molecule has 2 aromatic rings. The second kappa shape index (κ2) is 6.38. The zero-order valence-corrected chi connectivity index (χ0v) is 12.2. The van der Waals surface area contributed by atoms with Gasteiger partial charge in [0.2, 0.25) is 0 Å². The van der Waals surface area contributed by atoms with Gasteiger partial charge in [-0.25, -0.2) is 0 Å². The van der Waals surface area contributed by atoms with Crippen LogP contribution in [0.25, 0.3) is 0 Å². The van der Waals surface area contributed by atoms with Crippen LogP contribution < -0.4 is 4.74 Å². The smallest absolute Gasteiger partial charge is 0.163 e. The number of Topliss-reactive ketones (excluding diaryl/α,β-unsaturated/α-hetero) is 1. The molecule has 0 atom stereocenters. The standard InChI is InChI=1S/C18H20O2/c1-13(2)16-10-8-15(9-11-16)12-20-18-7-5-4-6-17(18)14(3)19/h4-11,13H,12H2,1-3H3. The molecular formula is C18H20O2. The second-order valence-corrected chi connectivity index (χ2v) is 5.24. The molecule has 20 heavy (non-hydrogen) atoms. The number of carbonyl (C=O) groups excluding carboxylic acids is 1. The highest BCUT2D eigenvalue weighted by Crippen LogP contribution is 2.20. The third kappa shape index (κ3) is 3.47. The van der Waals surface area contributed by atoms with Crippen LogP contribution >= 0.6 is 0 Å². The molecule has 0 spiro atoms. The van der Waals surface area contributed by atoms with Crippen molar-refractivity contribution < 1.29 is 9.53 Å². The molecule has 2 aromatic carbocycles. The first-order chi connectivity index (χ1) is 9.58. The van der Waals surface area contributed by atoms with Crippen molar-refractivity contribution >= 4 is 5.78 Å². The summed E-state index contributed by atoms with van der Waals surface area (Å²) in [5.74, 6) is 1.20. The fourth-order valence-corrected chi connectivity index (χ4v) is 2.04. The van der Waals surface area contributed by atoms with Crippen molar-refractivity contribution in [3.05, 3.63) is 65.2 Å². The molecule has 0 radical (unpaired) electrons. The van der Waals surface area contributed by atoms with Crippen molar-refractivity contribution in [1.82, 2.24) is 0 Å². The summed E-state index contributed by atoms with van der Waals surface area (Å²) in [5.41, 5.74) is 3.05. The molecule has 0 amide bonds. The van der Waals surface area contributed by atoms with Gasteiger partial charge in [0.1, 0.15) is 12.4 Å². The van der Waals surface area contributed by atoms with Crippen LogP contribution in [-0.2, 0) is 6.61 Å². The van der Waals surface area contributed by atoms with E-state index in [2.05, 4.69) is 38.1 Å². The Kier molecular flexibility index (Phi) is 4.57. The van der Waals surface area contributed by atoms with Crippen LogP contribution in [0.2, 0.25) is 0 Å². The van der Waals surface area contributed by atoms with E-state index in [1.165, 1.54) is 5.56 Å². The number of hydrogen-bond acceptors (Lipinski definition) is 2. The molecule has 0 saturated carbocycles. The molecule has 0 fully saturated rings. The van der Waals surface area contributed by atoms with Gasteiger partial charge in [-0.05, 0) is 36.1 Å². The van der Waals surface area contributed by atoms with Crippen molar-refractivity contribution in [2.24, 2.45) is 0 Å². The van der Waals surface area contributed by atoms with Crippen molar-refractivity contribution in [3.63, 3.8) is 0 Å². The van der Waals surface area contributed by atoms with E-state index in [0.717, 1.165) is 5.56 Å². The highest BCUT2D eigenvalue weighted by molar-refractivity contribution is 5.96. The van der Waals surface area contributed by atoms with Gasteiger partial charge < -0.3 is 4.74 Å². The topological polar surface area (TPSA) is 26.3 Å². The molecule has 0 aliphatic rings. The van der Waals surface area contributed by atoms with Crippen molar-refractivity contribution in [2.75, 3.05) is 0 Å². The van der Waals surface area contributed by atoms with Crippen LogP contribution in [0.5, 0.6) is 5.75 Å². The molecule has 104 valence electrons. The van der Waals surface area contributed by atoms with Gasteiger partial charge in [-0.1, -0.05) is 50.2 Å². The van der Waals surface area contributed by atoms with Crippen molar-refractivity contribution in [3.8, 4) is 5.75 Å². The average molecular weight is 268 g/mol. The molecular weight excluding hydrogens is 248 g/mol. The summed E-state index contributed by atoms with van der Waals surface area (Å²) in [5, 5.41) is 0. The van der Waals surface area contributed by atoms with Crippen LogP contribution in [0.3, 0.4) is 0 Å². The summed E-state index contributed by atoms with van der Waals surface area (Å²) in [7, 11) is 0. The molecule has 0 unspecified atom stereocenters. The van der Waals surface area contributed by atoms with E-state index in [1.807, 2.05) is 18.2 Å². The largest absolute Gasteiger partial charge is 0.488 e. The normalized spacial score (nSPS) is 10.6. The number of rotatable bonds is 5. The lowest BCUT2D eigenvalue weighted by molar-refractivity contribution is 0.101. The molecule has 0 bridgehead atoms. The first-order valence-corrected chi connectivity index (χ1v) is 6.89. The zero-order chi connectivity index (χ0) is 14.5. The van der Waals surface area contributed by atoms with Gasteiger partial charge >= 0.3 is 0 Å². The van der Waals surface area contributed by atoms with Gasteiger partial charge in [0.25, 0.3) is 0 Å². The van der Waals surface area contributed by atoms with Crippen molar-refractivity contribution in [2.45, 2.75) is 33.3 Å². The molecule has 0 aliphatic carbocycles. The van der Waals surface area contributed by atoms with Gasteiger partial charge in [-0.2, -0.15) is 0 Å². The summed E-state index contributed by atoms with van der Waals surface area (Å²) < 4.78 is 5.76. The summed E-state index contributed by atoms with van der Waals surface area (Å²) in [6.07, 6.45) is 0. The summed E-state index contributed by atoms with van der Waals surface area (Å²) in [6, 6.07) is 15.8. The number of carbonyl (C=O) groups is 1. The molecule has 2 rings (SSSR count). The van der Waals surface area contributed by atoms with Crippen LogP contribution in [0.4, 0.5) is 0 Å². The quantitative estimate of drug-likeness (QED) is 0.741. The molecule has 0 aromatic heterocycles. The van der Waals surface area contributed by atoms with Crippen LogP contribution in [0.1, 0.15) is 48.2 Å². The van der Waals surface area contributed by atoms with E-state index in [9.17, 15) is 4.79 Å². The summed E-state index contributed by atoms with van der Waals surface area (Å²) in [4.78, 5) is 11.5. The lowest BCUT2D eigenvalue weighted by Crippen LogP contribution is -2.01. The Morgan fingerprint density at radius 2 is 1.70 bits per heavy atom. The predicted molar refractivity (Wildman–Crippen MR) is 81.3 cm³/mol. The van der Waals surface area contributed by atoms with Crippen molar-refractivity contribution in [1.29, 1.82) is 0 Å².